The van der Waals surface area contributed by atoms with Crippen LogP contribution < -0.4 is 10.6 Å². The first-order valence-electron chi connectivity index (χ1n) is 7.89. The Hall–Kier alpha value is -1.12. The minimum absolute atomic E-state index is 0.0496. The highest BCUT2D eigenvalue weighted by Gasteiger charge is 2.45. The Balaban J connectivity index is 2.48. The molecule has 2 atom stereocenters. The van der Waals surface area contributed by atoms with Gasteiger partial charge in [-0.05, 0) is 25.1 Å². The fraction of sp³-hybridized carbons (Fsp3) is 0.857. The van der Waals surface area contributed by atoms with Gasteiger partial charge in [0.2, 0.25) is 5.91 Å². The number of aliphatic carboxylic acids is 1. The van der Waals surface area contributed by atoms with Gasteiger partial charge < -0.3 is 20.5 Å². The first kappa shape index (κ1) is 18.9. The lowest BCUT2D eigenvalue weighted by Crippen LogP contribution is -2.47. The summed E-state index contributed by atoms with van der Waals surface area (Å²) in [7, 11) is -1.35. The van der Waals surface area contributed by atoms with Crippen molar-refractivity contribution in [2.75, 3.05) is 6.54 Å². The van der Waals surface area contributed by atoms with Crippen LogP contribution in [0.15, 0.2) is 0 Å². The lowest BCUT2D eigenvalue weighted by atomic mass is 9.81. The van der Waals surface area contributed by atoms with Crippen molar-refractivity contribution in [1.82, 2.24) is 10.6 Å². The molecule has 1 rings (SSSR count). The molecule has 5 N–H and O–H groups in total. The average Bonchev–Trinajstić information content (AvgIpc) is 2.78. The maximum atomic E-state index is 11.8. The summed E-state index contributed by atoms with van der Waals surface area (Å²) in [4.78, 5) is 23.4. The molecule has 8 heteroatoms. The maximum absolute atomic E-state index is 11.8. The number of nitrogens with one attached hydrogen (secondary N) is 2. The van der Waals surface area contributed by atoms with E-state index in [4.69, 9.17) is 10.0 Å². The topological polar surface area (TPSA) is 119 Å². The lowest BCUT2D eigenvalue weighted by Gasteiger charge is -2.24. The van der Waals surface area contributed by atoms with E-state index >= 15 is 0 Å². The predicted octanol–water partition coefficient (Wildman–Crippen LogP) is -0.0229. The van der Waals surface area contributed by atoms with Crippen molar-refractivity contribution in [1.29, 1.82) is 0 Å². The summed E-state index contributed by atoms with van der Waals surface area (Å²) in [6.45, 7) is 4.37. The molecule has 0 radical (unpaired) electrons. The van der Waals surface area contributed by atoms with Gasteiger partial charge in [0.15, 0.2) is 0 Å². The largest absolute Gasteiger partial charge is 0.480 e. The highest BCUT2D eigenvalue weighted by molar-refractivity contribution is 6.40. The zero-order valence-corrected chi connectivity index (χ0v) is 13.3. The van der Waals surface area contributed by atoms with Gasteiger partial charge in [-0.25, -0.2) is 0 Å². The van der Waals surface area contributed by atoms with Crippen molar-refractivity contribution in [3.63, 3.8) is 0 Å². The monoisotopic (exact) mass is 314 g/mol. The van der Waals surface area contributed by atoms with Crippen molar-refractivity contribution >= 4 is 19.0 Å². The van der Waals surface area contributed by atoms with Crippen molar-refractivity contribution in [2.45, 2.75) is 63.9 Å². The van der Waals surface area contributed by atoms with Gasteiger partial charge in [0.25, 0.3) is 0 Å². The van der Waals surface area contributed by atoms with Crippen LogP contribution in [0.4, 0.5) is 0 Å². The molecule has 7 nitrogen and oxygen atoms in total. The number of carbonyl (C=O) groups is 2. The molecule has 126 valence electrons. The summed E-state index contributed by atoms with van der Waals surface area (Å²) in [6.07, 6.45) is 2.58. The zero-order chi connectivity index (χ0) is 16.8. The average molecular weight is 314 g/mol. The molecule has 22 heavy (non-hydrogen) atoms. The molecule has 0 spiro atoms. The number of carboxylic acid groups (broad SMARTS) is 1. The Morgan fingerprint density at radius 1 is 1.36 bits per heavy atom. The molecule has 0 saturated carbocycles. The van der Waals surface area contributed by atoms with Gasteiger partial charge in [0.05, 0.1) is 0 Å². The molecule has 0 aromatic rings. The molecule has 1 heterocycles. The van der Waals surface area contributed by atoms with Crippen LogP contribution >= 0.6 is 0 Å². The van der Waals surface area contributed by atoms with Gasteiger partial charge in [0, 0.05) is 19.0 Å². The van der Waals surface area contributed by atoms with Crippen molar-refractivity contribution in [3.05, 3.63) is 0 Å². The van der Waals surface area contributed by atoms with E-state index in [2.05, 4.69) is 10.6 Å². The molecule has 1 aliphatic heterocycles. The highest BCUT2D eigenvalue weighted by Crippen LogP contribution is 2.27. The molecule has 0 unspecified atom stereocenters. The normalized spacial score (nSPS) is 24.5. The Bertz CT molecular complexity index is 391. The molecule has 0 aromatic heterocycles. The van der Waals surface area contributed by atoms with E-state index in [1.165, 1.54) is 0 Å². The van der Waals surface area contributed by atoms with Gasteiger partial charge in [-0.2, -0.15) is 0 Å². The van der Waals surface area contributed by atoms with Crippen LogP contribution in [0.3, 0.4) is 0 Å². The van der Waals surface area contributed by atoms with Crippen LogP contribution in [0.2, 0.25) is 6.32 Å². The number of carboxylic acids is 1. The smallest absolute Gasteiger partial charge is 0.451 e. The highest BCUT2D eigenvalue weighted by atomic mass is 16.4. The summed E-state index contributed by atoms with van der Waals surface area (Å²) in [5, 5.41) is 33.0. The van der Waals surface area contributed by atoms with Crippen molar-refractivity contribution < 1.29 is 24.7 Å². The van der Waals surface area contributed by atoms with E-state index in [9.17, 15) is 14.7 Å². The van der Waals surface area contributed by atoms with E-state index in [-0.39, 0.29) is 24.2 Å². The molecule has 1 fully saturated rings. The van der Waals surface area contributed by atoms with E-state index in [0.29, 0.717) is 38.6 Å². The van der Waals surface area contributed by atoms with E-state index in [1.807, 2.05) is 13.8 Å². The second kappa shape index (κ2) is 8.50. The second-order valence-electron chi connectivity index (χ2n) is 6.56. The van der Waals surface area contributed by atoms with Crippen molar-refractivity contribution in [2.24, 2.45) is 5.92 Å². The summed E-state index contributed by atoms with van der Waals surface area (Å²) < 4.78 is 0. The Morgan fingerprint density at radius 3 is 2.59 bits per heavy atom. The minimum atomic E-state index is -1.35. The van der Waals surface area contributed by atoms with Crippen LogP contribution in [-0.4, -0.2) is 52.3 Å². The number of unbranched alkanes of at least 4 members (excludes halogenated alkanes) is 1. The van der Waals surface area contributed by atoms with Gasteiger partial charge in [-0.1, -0.05) is 26.7 Å². The van der Waals surface area contributed by atoms with Gasteiger partial charge >= 0.3 is 13.1 Å². The standard InChI is InChI=1S/C14H27BN2O5/c1-10(2)7-12(18)17-11-8-14(13(19)20,16-9-11)5-3-4-6-15(21)22/h10-11,16,21-22H,3-9H2,1-2H3,(H,17,18)(H,19,20)/t11-,14-/m1/s1. The summed E-state index contributed by atoms with van der Waals surface area (Å²) in [5.74, 6) is -0.701. The third kappa shape index (κ3) is 5.94. The zero-order valence-electron chi connectivity index (χ0n) is 13.3. The summed E-state index contributed by atoms with van der Waals surface area (Å²) in [6, 6.07) is -0.175. The summed E-state index contributed by atoms with van der Waals surface area (Å²) >= 11 is 0. The van der Waals surface area contributed by atoms with Gasteiger partial charge in [0.1, 0.15) is 5.54 Å². The number of amides is 1. The first-order chi connectivity index (χ1) is 10.2. The van der Waals surface area contributed by atoms with E-state index in [0.717, 1.165) is 0 Å². The van der Waals surface area contributed by atoms with Crippen LogP contribution in [0, 0.1) is 5.92 Å². The van der Waals surface area contributed by atoms with E-state index < -0.39 is 18.6 Å². The minimum Gasteiger partial charge on any atom is -0.480 e. The number of hydrogen-bond donors (Lipinski definition) is 5. The Morgan fingerprint density at radius 2 is 2.05 bits per heavy atom. The number of carbonyl (C=O) groups excluding carboxylic acids is 1. The Kier molecular flexibility index (Phi) is 7.31. The van der Waals surface area contributed by atoms with Crippen LogP contribution in [0.1, 0.15) is 46.0 Å². The lowest BCUT2D eigenvalue weighted by molar-refractivity contribution is -0.144. The fourth-order valence-corrected chi connectivity index (χ4v) is 2.86. The number of hydrogen-bond acceptors (Lipinski definition) is 5. The maximum Gasteiger partial charge on any atom is 0.451 e. The SMILES string of the molecule is CC(C)CC(=O)N[C@H]1CN[C@@](CCCCB(O)O)(C(=O)O)C1. The van der Waals surface area contributed by atoms with Crippen LogP contribution in [0.5, 0.6) is 0 Å². The van der Waals surface area contributed by atoms with E-state index in [1.54, 1.807) is 0 Å². The molecule has 1 aliphatic rings. The third-order valence-electron chi connectivity index (χ3n) is 3.97. The molecule has 1 saturated heterocycles. The second-order valence-corrected chi connectivity index (χ2v) is 6.56. The molecule has 0 aromatic carbocycles. The van der Waals surface area contributed by atoms with Crippen LogP contribution in [-0.2, 0) is 9.59 Å². The molecular weight excluding hydrogens is 287 g/mol. The number of rotatable bonds is 9. The van der Waals surface area contributed by atoms with Crippen molar-refractivity contribution in [3.8, 4) is 0 Å². The Labute approximate surface area is 131 Å². The molecular formula is C14H27BN2O5. The van der Waals surface area contributed by atoms with Gasteiger partial charge in [-0.3, -0.25) is 14.9 Å². The fourth-order valence-electron chi connectivity index (χ4n) is 2.86. The van der Waals surface area contributed by atoms with Gasteiger partial charge in [-0.15, -0.1) is 0 Å². The quantitative estimate of drug-likeness (QED) is 0.301. The molecule has 1 amide bonds. The molecule has 0 bridgehead atoms. The first-order valence-corrected chi connectivity index (χ1v) is 7.89. The van der Waals surface area contributed by atoms with Crippen LogP contribution in [0.25, 0.3) is 0 Å². The molecule has 0 aliphatic carbocycles. The summed E-state index contributed by atoms with van der Waals surface area (Å²) in [5.41, 5.74) is -1.03. The predicted molar refractivity (Wildman–Crippen MR) is 83.2 cm³/mol. The third-order valence-corrected chi connectivity index (χ3v) is 3.97.